The van der Waals surface area contributed by atoms with Crippen LogP contribution in [0.4, 0.5) is 14.5 Å². The van der Waals surface area contributed by atoms with Gasteiger partial charge in [-0.05, 0) is 19.1 Å². The van der Waals surface area contributed by atoms with Crippen LogP contribution in [-0.4, -0.2) is 35.5 Å². The summed E-state index contributed by atoms with van der Waals surface area (Å²) in [5.41, 5.74) is 0.169. The third kappa shape index (κ3) is 2.75. The van der Waals surface area contributed by atoms with Gasteiger partial charge in [-0.1, -0.05) is 11.2 Å². The van der Waals surface area contributed by atoms with E-state index in [1.807, 2.05) is 0 Å². The third-order valence-electron chi connectivity index (χ3n) is 4.03. The number of carbonyl (C=O) groups excluding carboxylic acids is 2. The molecule has 0 bridgehead atoms. The Kier molecular flexibility index (Phi) is 4.04. The number of halogens is 2. The van der Waals surface area contributed by atoms with Crippen molar-refractivity contribution in [1.82, 2.24) is 10.1 Å². The van der Waals surface area contributed by atoms with E-state index in [1.165, 1.54) is 17.0 Å². The summed E-state index contributed by atoms with van der Waals surface area (Å²) < 4.78 is 32.0. The Morgan fingerprint density at radius 1 is 1.42 bits per heavy atom. The predicted octanol–water partition coefficient (Wildman–Crippen LogP) is 2.07. The van der Waals surface area contributed by atoms with Crippen LogP contribution in [0.2, 0.25) is 0 Å². The molecule has 126 valence electrons. The number of likely N-dealkylation sites (tertiary alicyclic amines) is 1. The van der Waals surface area contributed by atoms with E-state index in [-0.39, 0.29) is 12.2 Å². The molecule has 2 amide bonds. The second kappa shape index (κ2) is 6.03. The summed E-state index contributed by atoms with van der Waals surface area (Å²) in [5.74, 6) is -4.40. The van der Waals surface area contributed by atoms with E-state index in [1.54, 1.807) is 20.0 Å². The van der Waals surface area contributed by atoms with Gasteiger partial charge in [-0.15, -0.1) is 0 Å². The second-order valence-corrected chi connectivity index (χ2v) is 5.76. The first-order chi connectivity index (χ1) is 11.4. The maximum Gasteiger partial charge on any atom is 0.237 e. The highest BCUT2D eigenvalue weighted by molar-refractivity contribution is 6.08. The molecule has 1 aliphatic heterocycles. The number of hydrogen-bond donors (Lipinski definition) is 1. The Hall–Kier alpha value is -2.77. The average Bonchev–Trinajstić information content (AvgIpc) is 3.08. The topological polar surface area (TPSA) is 75.4 Å². The van der Waals surface area contributed by atoms with Gasteiger partial charge in [-0.2, -0.15) is 0 Å². The zero-order chi connectivity index (χ0) is 17.4. The van der Waals surface area contributed by atoms with E-state index in [9.17, 15) is 18.4 Å². The van der Waals surface area contributed by atoms with Crippen LogP contribution in [0.3, 0.4) is 0 Å². The Morgan fingerprint density at radius 3 is 2.83 bits per heavy atom. The lowest BCUT2D eigenvalue weighted by Gasteiger charge is -2.15. The number of anilines is 1. The van der Waals surface area contributed by atoms with Crippen molar-refractivity contribution in [3.63, 3.8) is 0 Å². The highest BCUT2D eigenvalue weighted by Gasteiger charge is 2.45. The molecule has 1 N–H and O–H groups in total. The Bertz CT molecular complexity index is 806. The number of benzene rings is 1. The molecule has 3 rings (SSSR count). The Morgan fingerprint density at radius 2 is 2.17 bits per heavy atom. The highest BCUT2D eigenvalue weighted by Crippen LogP contribution is 2.33. The van der Waals surface area contributed by atoms with Crippen molar-refractivity contribution in [2.24, 2.45) is 5.92 Å². The van der Waals surface area contributed by atoms with E-state index in [0.29, 0.717) is 11.5 Å². The van der Waals surface area contributed by atoms with Gasteiger partial charge in [-0.25, -0.2) is 8.78 Å². The van der Waals surface area contributed by atoms with Crippen LogP contribution in [0.1, 0.15) is 17.4 Å². The van der Waals surface area contributed by atoms with Gasteiger partial charge in [0.1, 0.15) is 11.7 Å². The Labute approximate surface area is 136 Å². The minimum Gasteiger partial charge on any atom is -0.361 e. The van der Waals surface area contributed by atoms with Crippen LogP contribution in [0.25, 0.3) is 0 Å². The third-order valence-corrected chi connectivity index (χ3v) is 4.03. The first-order valence-electron chi connectivity index (χ1n) is 7.31. The number of nitrogens with zero attached hydrogens (tertiary/aromatic N) is 2. The molecule has 6 nitrogen and oxygen atoms in total. The zero-order valence-electron chi connectivity index (χ0n) is 13.0. The van der Waals surface area contributed by atoms with Crippen molar-refractivity contribution < 1.29 is 22.9 Å². The molecule has 1 aliphatic rings. The normalized spacial score (nSPS) is 20.5. The number of hydrogen-bond acceptors (Lipinski definition) is 4. The largest absolute Gasteiger partial charge is 0.361 e. The summed E-state index contributed by atoms with van der Waals surface area (Å²) in [6, 6.07) is 5.10. The lowest BCUT2D eigenvalue weighted by atomic mass is 9.91. The lowest BCUT2D eigenvalue weighted by molar-refractivity contribution is -0.135. The Balaban J connectivity index is 1.88. The summed E-state index contributed by atoms with van der Waals surface area (Å²) in [7, 11) is 1.57. The fraction of sp³-hybridized carbons (Fsp3) is 0.312. The molecule has 0 aliphatic carbocycles. The van der Waals surface area contributed by atoms with Gasteiger partial charge in [0.05, 0.1) is 11.4 Å². The molecular formula is C16H15F2N3O3. The van der Waals surface area contributed by atoms with Crippen LogP contribution in [0.15, 0.2) is 28.8 Å². The van der Waals surface area contributed by atoms with Crippen molar-refractivity contribution in [1.29, 1.82) is 0 Å². The number of likely N-dealkylation sites (N-methyl/N-ethyl adjacent to an activating group) is 1. The summed E-state index contributed by atoms with van der Waals surface area (Å²) >= 11 is 0. The van der Waals surface area contributed by atoms with Crippen molar-refractivity contribution in [3.8, 4) is 0 Å². The molecular weight excluding hydrogens is 320 g/mol. The number of nitrogens with one attached hydrogen (secondary N) is 1. The van der Waals surface area contributed by atoms with Crippen LogP contribution >= 0.6 is 0 Å². The molecule has 8 heteroatoms. The second-order valence-electron chi connectivity index (χ2n) is 5.76. The zero-order valence-corrected chi connectivity index (χ0v) is 13.0. The van der Waals surface area contributed by atoms with Gasteiger partial charge in [0, 0.05) is 25.6 Å². The predicted molar refractivity (Wildman–Crippen MR) is 80.1 cm³/mol. The van der Waals surface area contributed by atoms with E-state index < -0.39 is 35.3 Å². The standard InChI is InChI=1S/C16H15F2N3O3/c1-8-6-12(20-24-8)9-7-21(2)16(23)13(9)15(22)19-11-5-3-4-10(17)14(11)18/h3-6,9,13H,7H2,1-2H3,(H,19,22)/t9-,13+/m1/s1. The van der Waals surface area contributed by atoms with Crippen molar-refractivity contribution in [3.05, 3.63) is 47.4 Å². The first kappa shape index (κ1) is 16.1. The van der Waals surface area contributed by atoms with E-state index in [0.717, 1.165) is 6.07 Å². The van der Waals surface area contributed by atoms with Gasteiger partial charge >= 0.3 is 0 Å². The maximum atomic E-state index is 13.7. The number of aromatic nitrogens is 1. The molecule has 2 atom stereocenters. The van der Waals surface area contributed by atoms with Gasteiger partial charge < -0.3 is 14.7 Å². The van der Waals surface area contributed by atoms with Crippen molar-refractivity contribution >= 4 is 17.5 Å². The number of amides is 2. The minimum absolute atomic E-state index is 0.286. The van der Waals surface area contributed by atoms with E-state index in [4.69, 9.17) is 4.52 Å². The molecule has 0 radical (unpaired) electrons. The minimum atomic E-state index is -1.17. The monoisotopic (exact) mass is 335 g/mol. The molecule has 0 saturated carbocycles. The number of aryl methyl sites for hydroxylation is 1. The molecule has 1 saturated heterocycles. The summed E-state index contributed by atoms with van der Waals surface area (Å²) in [6.07, 6.45) is 0. The molecule has 1 aromatic carbocycles. The molecule has 1 aromatic heterocycles. The van der Waals surface area contributed by atoms with Crippen LogP contribution in [0.5, 0.6) is 0 Å². The van der Waals surface area contributed by atoms with Gasteiger partial charge in [0.15, 0.2) is 11.6 Å². The van der Waals surface area contributed by atoms with Crippen molar-refractivity contribution in [2.75, 3.05) is 18.9 Å². The molecule has 2 heterocycles. The molecule has 1 fully saturated rings. The smallest absolute Gasteiger partial charge is 0.237 e. The molecule has 24 heavy (non-hydrogen) atoms. The van der Waals surface area contributed by atoms with Crippen LogP contribution in [0, 0.1) is 24.5 Å². The number of rotatable bonds is 3. The van der Waals surface area contributed by atoms with E-state index in [2.05, 4.69) is 10.5 Å². The van der Waals surface area contributed by atoms with Gasteiger partial charge in [0.25, 0.3) is 0 Å². The average molecular weight is 335 g/mol. The fourth-order valence-electron chi connectivity index (χ4n) is 2.83. The van der Waals surface area contributed by atoms with Crippen LogP contribution < -0.4 is 5.32 Å². The summed E-state index contributed by atoms with van der Waals surface area (Å²) in [4.78, 5) is 26.2. The summed E-state index contributed by atoms with van der Waals surface area (Å²) in [6.45, 7) is 1.99. The molecule has 0 unspecified atom stereocenters. The maximum absolute atomic E-state index is 13.7. The SMILES string of the molecule is Cc1cc([C@H]2CN(C)C(=O)[C@@H]2C(=O)Nc2cccc(F)c2F)no1. The first-order valence-corrected chi connectivity index (χ1v) is 7.31. The van der Waals surface area contributed by atoms with Crippen molar-refractivity contribution in [2.45, 2.75) is 12.8 Å². The molecule has 0 spiro atoms. The highest BCUT2D eigenvalue weighted by atomic mass is 19.2. The molecule has 2 aromatic rings. The van der Waals surface area contributed by atoms with Crippen LogP contribution in [-0.2, 0) is 9.59 Å². The van der Waals surface area contributed by atoms with Gasteiger partial charge in [0.2, 0.25) is 11.8 Å². The fourth-order valence-corrected chi connectivity index (χ4v) is 2.83. The lowest BCUT2D eigenvalue weighted by Crippen LogP contribution is -2.33. The number of carbonyl (C=O) groups is 2. The quantitative estimate of drug-likeness (QED) is 0.872. The van der Waals surface area contributed by atoms with Gasteiger partial charge in [-0.3, -0.25) is 9.59 Å². The van der Waals surface area contributed by atoms with E-state index >= 15 is 0 Å². The summed E-state index contributed by atoms with van der Waals surface area (Å²) in [5, 5.41) is 6.16.